The van der Waals surface area contributed by atoms with Gasteiger partial charge in [-0.25, -0.2) is 4.79 Å². The summed E-state index contributed by atoms with van der Waals surface area (Å²) in [5.74, 6) is -3.37. The van der Waals surface area contributed by atoms with Gasteiger partial charge in [0.1, 0.15) is 0 Å². The molecule has 1 aromatic carbocycles. The van der Waals surface area contributed by atoms with Gasteiger partial charge in [0.2, 0.25) is 5.91 Å². The Morgan fingerprint density at radius 1 is 1.18 bits per heavy atom. The van der Waals surface area contributed by atoms with Crippen molar-refractivity contribution in [3.05, 3.63) is 35.9 Å². The second kappa shape index (κ2) is 4.75. The summed E-state index contributed by atoms with van der Waals surface area (Å²) in [6, 6.07) is 7.66. The van der Waals surface area contributed by atoms with Crippen molar-refractivity contribution in [2.75, 3.05) is 0 Å². The van der Waals surface area contributed by atoms with Crippen LogP contribution < -0.4 is 11.5 Å². The van der Waals surface area contributed by atoms with E-state index < -0.39 is 29.6 Å². The van der Waals surface area contributed by atoms with Crippen LogP contribution in [0.2, 0.25) is 0 Å². The second-order valence-corrected chi connectivity index (χ2v) is 3.61. The minimum atomic E-state index is -2.31. The van der Waals surface area contributed by atoms with E-state index in [0.717, 1.165) is 0 Å². The molecular weight excluding hydrogens is 224 g/mol. The SMILES string of the molecule is NC(=O)C[C@](N)(C(=O)O)C(=O)c1ccccc1. The second-order valence-electron chi connectivity index (χ2n) is 3.61. The van der Waals surface area contributed by atoms with E-state index in [9.17, 15) is 14.4 Å². The minimum absolute atomic E-state index is 0.124. The van der Waals surface area contributed by atoms with Crippen molar-refractivity contribution in [1.29, 1.82) is 0 Å². The molecule has 0 radical (unpaired) electrons. The van der Waals surface area contributed by atoms with Crippen LogP contribution in [0, 0.1) is 0 Å². The summed E-state index contributed by atoms with van der Waals surface area (Å²) in [5, 5.41) is 8.96. The maximum Gasteiger partial charge on any atom is 0.332 e. The molecule has 6 nitrogen and oxygen atoms in total. The zero-order valence-corrected chi connectivity index (χ0v) is 8.92. The molecule has 0 saturated heterocycles. The highest BCUT2D eigenvalue weighted by Gasteiger charge is 2.43. The lowest BCUT2D eigenvalue weighted by Crippen LogP contribution is -2.57. The number of primary amides is 1. The average Bonchev–Trinajstić information content (AvgIpc) is 2.28. The lowest BCUT2D eigenvalue weighted by atomic mass is 9.87. The van der Waals surface area contributed by atoms with Crippen LogP contribution in [0.4, 0.5) is 0 Å². The number of carbonyl (C=O) groups excluding carboxylic acids is 2. The normalized spacial score (nSPS) is 13.7. The minimum Gasteiger partial charge on any atom is -0.480 e. The van der Waals surface area contributed by atoms with E-state index in [1.165, 1.54) is 12.1 Å². The fraction of sp³-hybridized carbons (Fsp3) is 0.182. The topological polar surface area (TPSA) is 123 Å². The molecule has 0 aliphatic carbocycles. The van der Waals surface area contributed by atoms with E-state index >= 15 is 0 Å². The van der Waals surface area contributed by atoms with Crippen molar-refractivity contribution in [3.8, 4) is 0 Å². The lowest BCUT2D eigenvalue weighted by molar-refractivity contribution is -0.143. The van der Waals surface area contributed by atoms with Gasteiger partial charge in [-0.2, -0.15) is 0 Å². The monoisotopic (exact) mass is 236 g/mol. The molecular formula is C11H12N2O4. The highest BCUT2D eigenvalue weighted by molar-refractivity contribution is 6.17. The third-order valence-corrected chi connectivity index (χ3v) is 2.28. The van der Waals surface area contributed by atoms with Gasteiger partial charge >= 0.3 is 5.97 Å². The van der Waals surface area contributed by atoms with Crippen LogP contribution in [0.15, 0.2) is 30.3 Å². The van der Waals surface area contributed by atoms with Gasteiger partial charge in [-0.05, 0) is 0 Å². The first-order valence-electron chi connectivity index (χ1n) is 4.78. The zero-order valence-electron chi connectivity index (χ0n) is 8.92. The van der Waals surface area contributed by atoms with Crippen LogP contribution >= 0.6 is 0 Å². The number of aliphatic carboxylic acids is 1. The molecule has 0 fully saturated rings. The van der Waals surface area contributed by atoms with Gasteiger partial charge in [-0.15, -0.1) is 0 Å². The Hall–Kier alpha value is -2.21. The molecule has 1 atom stereocenters. The predicted octanol–water partition coefficient (Wildman–Crippen LogP) is -0.473. The summed E-state index contributed by atoms with van der Waals surface area (Å²) in [6.07, 6.45) is -0.740. The molecule has 0 aliphatic heterocycles. The van der Waals surface area contributed by atoms with Crippen LogP contribution in [-0.4, -0.2) is 28.3 Å². The maximum atomic E-state index is 11.9. The van der Waals surface area contributed by atoms with Crippen molar-refractivity contribution in [1.82, 2.24) is 0 Å². The van der Waals surface area contributed by atoms with Gasteiger partial charge < -0.3 is 16.6 Å². The molecule has 1 amide bonds. The molecule has 0 saturated carbocycles. The quantitative estimate of drug-likeness (QED) is 0.471. The molecule has 1 rings (SSSR count). The van der Waals surface area contributed by atoms with Crippen molar-refractivity contribution < 1.29 is 19.5 Å². The first-order valence-corrected chi connectivity index (χ1v) is 4.78. The number of nitrogens with two attached hydrogens (primary N) is 2. The van der Waals surface area contributed by atoms with E-state index in [2.05, 4.69) is 0 Å². The Bertz CT molecular complexity index is 458. The number of hydrogen-bond acceptors (Lipinski definition) is 4. The molecule has 0 aromatic heterocycles. The van der Waals surface area contributed by atoms with E-state index in [1.54, 1.807) is 18.2 Å². The molecule has 1 aromatic rings. The van der Waals surface area contributed by atoms with Gasteiger partial charge in [0, 0.05) is 5.56 Å². The average molecular weight is 236 g/mol. The standard InChI is InChI=1S/C11H12N2O4/c12-8(14)6-11(13,10(16)17)9(15)7-4-2-1-3-5-7/h1-5H,6,13H2,(H2,12,14)(H,16,17)/t11-/m1/s1. The maximum absolute atomic E-state index is 11.9. The summed E-state index contributed by atoms with van der Waals surface area (Å²) in [6.45, 7) is 0. The van der Waals surface area contributed by atoms with Crippen LogP contribution in [0.25, 0.3) is 0 Å². The highest BCUT2D eigenvalue weighted by atomic mass is 16.4. The first kappa shape index (κ1) is 12.9. The molecule has 17 heavy (non-hydrogen) atoms. The fourth-order valence-electron chi connectivity index (χ4n) is 1.37. The van der Waals surface area contributed by atoms with Crippen molar-refractivity contribution in [3.63, 3.8) is 0 Å². The highest BCUT2D eigenvalue weighted by Crippen LogP contribution is 2.15. The van der Waals surface area contributed by atoms with Gasteiger partial charge in [0.25, 0.3) is 0 Å². The van der Waals surface area contributed by atoms with Gasteiger partial charge in [-0.3, -0.25) is 9.59 Å². The van der Waals surface area contributed by atoms with E-state index in [0.29, 0.717) is 0 Å². The number of ketones is 1. The summed E-state index contributed by atoms with van der Waals surface area (Å²) in [7, 11) is 0. The number of carbonyl (C=O) groups is 3. The number of Topliss-reactive ketones (excluding diaryl/α,β-unsaturated/α-hetero) is 1. The number of benzene rings is 1. The largest absolute Gasteiger partial charge is 0.480 e. The Kier molecular flexibility index (Phi) is 3.59. The smallest absolute Gasteiger partial charge is 0.332 e. The summed E-state index contributed by atoms with van der Waals surface area (Å²) >= 11 is 0. The first-order chi connectivity index (χ1) is 7.88. The molecule has 6 heteroatoms. The van der Waals surface area contributed by atoms with Crippen molar-refractivity contribution in [2.45, 2.75) is 12.0 Å². The predicted molar refractivity (Wildman–Crippen MR) is 59.1 cm³/mol. The molecule has 0 heterocycles. The van der Waals surface area contributed by atoms with Crippen LogP contribution in [0.5, 0.6) is 0 Å². The molecule has 0 aliphatic rings. The number of carboxylic acids is 1. The number of carboxylic acid groups (broad SMARTS) is 1. The Balaban J connectivity index is 3.12. The number of hydrogen-bond donors (Lipinski definition) is 3. The van der Waals surface area contributed by atoms with E-state index in [-0.39, 0.29) is 5.56 Å². The van der Waals surface area contributed by atoms with Gasteiger partial charge in [0.05, 0.1) is 6.42 Å². The number of amides is 1. The fourth-order valence-corrected chi connectivity index (χ4v) is 1.37. The summed E-state index contributed by atoms with van der Waals surface area (Å²) < 4.78 is 0. The van der Waals surface area contributed by atoms with Crippen molar-refractivity contribution >= 4 is 17.7 Å². The summed E-state index contributed by atoms with van der Waals surface area (Å²) in [5.41, 5.74) is 8.18. The van der Waals surface area contributed by atoms with Crippen LogP contribution in [-0.2, 0) is 9.59 Å². The molecule has 0 spiro atoms. The Morgan fingerprint density at radius 2 is 1.71 bits per heavy atom. The Morgan fingerprint density at radius 3 is 2.12 bits per heavy atom. The molecule has 90 valence electrons. The summed E-state index contributed by atoms with van der Waals surface area (Å²) in [4.78, 5) is 33.7. The zero-order chi connectivity index (χ0) is 13.1. The van der Waals surface area contributed by atoms with Gasteiger partial charge in [-0.1, -0.05) is 30.3 Å². The molecule has 0 bridgehead atoms. The number of rotatable bonds is 5. The van der Waals surface area contributed by atoms with Crippen LogP contribution in [0.1, 0.15) is 16.8 Å². The van der Waals surface area contributed by atoms with E-state index in [4.69, 9.17) is 16.6 Å². The Labute approximate surface area is 97.2 Å². The molecule has 0 unspecified atom stereocenters. The lowest BCUT2D eigenvalue weighted by Gasteiger charge is -2.21. The van der Waals surface area contributed by atoms with Gasteiger partial charge in [0.15, 0.2) is 11.3 Å². The van der Waals surface area contributed by atoms with Crippen LogP contribution in [0.3, 0.4) is 0 Å². The third kappa shape index (κ3) is 2.67. The molecule has 5 N–H and O–H groups in total. The van der Waals surface area contributed by atoms with E-state index in [1.807, 2.05) is 0 Å². The third-order valence-electron chi connectivity index (χ3n) is 2.28. The van der Waals surface area contributed by atoms with Crippen molar-refractivity contribution in [2.24, 2.45) is 11.5 Å².